The molecule has 2 N–H and O–H groups in total. The van der Waals surface area contributed by atoms with Crippen molar-refractivity contribution in [2.75, 3.05) is 18.6 Å². The summed E-state index contributed by atoms with van der Waals surface area (Å²) in [7, 11) is 1.28. The summed E-state index contributed by atoms with van der Waals surface area (Å²) in [5, 5.41) is 5.54. The largest absolute Gasteiger partial charge is 0.465 e. The lowest BCUT2D eigenvalue weighted by Gasteiger charge is -2.34. The maximum Gasteiger partial charge on any atom is 0.337 e. The number of furan rings is 1. The van der Waals surface area contributed by atoms with Crippen LogP contribution in [0.1, 0.15) is 78.6 Å². The van der Waals surface area contributed by atoms with E-state index in [0.717, 1.165) is 5.56 Å². The molecule has 0 unspecified atom stereocenters. The summed E-state index contributed by atoms with van der Waals surface area (Å²) in [6.07, 6.45) is 1.36. The van der Waals surface area contributed by atoms with Gasteiger partial charge in [-0.25, -0.2) is 4.79 Å². The van der Waals surface area contributed by atoms with E-state index in [1.54, 1.807) is 18.2 Å². The minimum atomic E-state index is -1.07. The van der Waals surface area contributed by atoms with Crippen molar-refractivity contribution in [3.05, 3.63) is 89.4 Å². The Hall–Kier alpha value is -4.40. The monoisotopic (exact) mass is 533 g/mol. The molecule has 0 radical (unpaired) electrons. The molecule has 0 fully saturated rings. The molecule has 1 atom stereocenters. The minimum absolute atomic E-state index is 0.0584. The predicted molar refractivity (Wildman–Crippen MR) is 147 cm³/mol. The zero-order valence-corrected chi connectivity index (χ0v) is 23.1. The maximum atomic E-state index is 13.8. The van der Waals surface area contributed by atoms with Crippen molar-refractivity contribution >= 4 is 29.4 Å². The number of nitrogens with zero attached hydrogens (tertiary/aromatic N) is 1. The fourth-order valence-electron chi connectivity index (χ4n) is 3.97. The summed E-state index contributed by atoms with van der Waals surface area (Å²) in [6, 6.07) is 15.7. The molecule has 0 bridgehead atoms. The van der Waals surface area contributed by atoms with E-state index in [4.69, 9.17) is 9.15 Å². The van der Waals surface area contributed by atoms with Crippen molar-refractivity contribution in [2.45, 2.75) is 52.1 Å². The summed E-state index contributed by atoms with van der Waals surface area (Å²) in [5.74, 6) is -1.70. The quantitative estimate of drug-likeness (QED) is 0.388. The van der Waals surface area contributed by atoms with Crippen molar-refractivity contribution in [3.8, 4) is 0 Å². The molecular formula is C30H35N3O6. The molecule has 0 saturated carbocycles. The van der Waals surface area contributed by atoms with E-state index >= 15 is 0 Å². The highest BCUT2D eigenvalue weighted by atomic mass is 16.5. The van der Waals surface area contributed by atoms with Crippen LogP contribution < -0.4 is 15.5 Å². The van der Waals surface area contributed by atoms with Gasteiger partial charge in [0.05, 0.1) is 25.5 Å². The van der Waals surface area contributed by atoms with Crippen molar-refractivity contribution in [2.24, 2.45) is 0 Å². The molecule has 1 heterocycles. The Balaban J connectivity index is 2.07. The second-order valence-electron chi connectivity index (χ2n) is 10.4. The molecule has 3 rings (SSSR count). The lowest BCUT2D eigenvalue weighted by atomic mass is 9.96. The summed E-state index contributed by atoms with van der Waals surface area (Å²) in [6.45, 7) is 9.29. The second-order valence-corrected chi connectivity index (χ2v) is 10.4. The third-order valence-electron chi connectivity index (χ3n) is 5.90. The molecule has 3 amide bonds. The third kappa shape index (κ3) is 7.56. The first-order chi connectivity index (χ1) is 18.4. The van der Waals surface area contributed by atoms with Gasteiger partial charge >= 0.3 is 5.97 Å². The van der Waals surface area contributed by atoms with E-state index in [-0.39, 0.29) is 17.2 Å². The van der Waals surface area contributed by atoms with Crippen LogP contribution in [0.4, 0.5) is 5.69 Å². The molecule has 0 aliphatic carbocycles. The molecule has 0 spiro atoms. The molecule has 3 aromatic rings. The molecule has 206 valence electrons. The number of benzene rings is 2. The summed E-state index contributed by atoms with van der Waals surface area (Å²) >= 11 is 0. The number of carbonyl (C=O) groups is 4. The Labute approximate surface area is 228 Å². The summed E-state index contributed by atoms with van der Waals surface area (Å²) in [5.41, 5.74) is 1.74. The van der Waals surface area contributed by atoms with Gasteiger partial charge in [0, 0.05) is 11.2 Å². The second kappa shape index (κ2) is 12.4. The molecule has 0 aliphatic rings. The molecule has 0 saturated heterocycles. The maximum absolute atomic E-state index is 13.8. The number of nitrogens with one attached hydrogen (secondary N) is 2. The van der Waals surface area contributed by atoms with Gasteiger partial charge in [-0.3, -0.25) is 19.3 Å². The average molecular weight is 534 g/mol. The normalized spacial score (nSPS) is 12.0. The van der Waals surface area contributed by atoms with Gasteiger partial charge in [0.2, 0.25) is 11.8 Å². The highest BCUT2D eigenvalue weighted by Crippen LogP contribution is 2.30. The molecular weight excluding hydrogens is 498 g/mol. The van der Waals surface area contributed by atoms with E-state index < -0.39 is 41.8 Å². The Kier molecular flexibility index (Phi) is 9.29. The van der Waals surface area contributed by atoms with Crippen LogP contribution in [0.5, 0.6) is 0 Å². The van der Waals surface area contributed by atoms with Gasteiger partial charge in [0.1, 0.15) is 6.04 Å². The van der Waals surface area contributed by atoms with Crippen LogP contribution >= 0.6 is 0 Å². The third-order valence-corrected chi connectivity index (χ3v) is 5.90. The van der Waals surface area contributed by atoms with Gasteiger partial charge < -0.3 is 19.8 Å². The zero-order chi connectivity index (χ0) is 28.7. The standard InChI is InChI=1S/C30H35N3O6/c1-19(2)20-9-11-21(12-10-20)26(28(36)32-30(3,4)5)33(23-15-13-22(14-16-23)29(37)38-6)25(34)18-31-27(35)24-8-7-17-39-24/h7-17,19,26H,18H2,1-6H3,(H,31,35)(H,32,36)/t26-/m0/s1. The van der Waals surface area contributed by atoms with Gasteiger partial charge in [-0.05, 0) is 74.2 Å². The number of anilines is 1. The van der Waals surface area contributed by atoms with Gasteiger partial charge in [0.25, 0.3) is 5.91 Å². The van der Waals surface area contributed by atoms with Crippen molar-refractivity contribution in [1.29, 1.82) is 0 Å². The van der Waals surface area contributed by atoms with Crippen molar-refractivity contribution in [1.82, 2.24) is 10.6 Å². The Morgan fingerprint density at radius 2 is 1.54 bits per heavy atom. The average Bonchev–Trinajstić information content (AvgIpc) is 3.44. The van der Waals surface area contributed by atoms with Crippen LogP contribution in [0.15, 0.2) is 71.3 Å². The SMILES string of the molecule is COC(=O)c1ccc(N(C(=O)CNC(=O)c2ccco2)[C@H](C(=O)NC(C)(C)C)c2ccc(C(C)C)cc2)cc1. The number of hydrogen-bond acceptors (Lipinski definition) is 6. The molecule has 39 heavy (non-hydrogen) atoms. The van der Waals surface area contributed by atoms with E-state index in [9.17, 15) is 19.2 Å². The number of carbonyl (C=O) groups excluding carboxylic acids is 4. The lowest BCUT2D eigenvalue weighted by molar-refractivity contribution is -0.127. The smallest absolute Gasteiger partial charge is 0.337 e. The summed E-state index contributed by atoms with van der Waals surface area (Å²) in [4.78, 5) is 53.3. The fraction of sp³-hybridized carbons (Fsp3) is 0.333. The van der Waals surface area contributed by atoms with E-state index in [2.05, 4.69) is 24.5 Å². The highest BCUT2D eigenvalue weighted by Gasteiger charge is 2.34. The van der Waals surface area contributed by atoms with Crippen LogP contribution in [0.2, 0.25) is 0 Å². The van der Waals surface area contributed by atoms with Crippen LogP contribution in [-0.2, 0) is 14.3 Å². The van der Waals surface area contributed by atoms with Crippen LogP contribution in [0.25, 0.3) is 0 Å². The molecule has 1 aromatic heterocycles. The fourth-order valence-corrected chi connectivity index (χ4v) is 3.97. The Morgan fingerprint density at radius 3 is 2.05 bits per heavy atom. The van der Waals surface area contributed by atoms with E-state index in [1.807, 2.05) is 45.0 Å². The van der Waals surface area contributed by atoms with Gasteiger partial charge in [0.15, 0.2) is 5.76 Å². The van der Waals surface area contributed by atoms with E-state index in [1.165, 1.54) is 36.5 Å². The number of amides is 3. The number of esters is 1. The first kappa shape index (κ1) is 29.2. The summed E-state index contributed by atoms with van der Waals surface area (Å²) < 4.78 is 9.90. The number of methoxy groups -OCH3 is 1. The predicted octanol–water partition coefficient (Wildman–Crippen LogP) is 4.61. The van der Waals surface area contributed by atoms with Crippen LogP contribution in [0, 0.1) is 0 Å². The first-order valence-corrected chi connectivity index (χ1v) is 12.7. The number of hydrogen-bond donors (Lipinski definition) is 2. The number of ether oxygens (including phenoxy) is 1. The molecule has 2 aromatic carbocycles. The Bertz CT molecular complexity index is 1290. The Morgan fingerprint density at radius 1 is 0.923 bits per heavy atom. The first-order valence-electron chi connectivity index (χ1n) is 12.7. The molecule has 9 heteroatoms. The molecule has 0 aliphatic heterocycles. The van der Waals surface area contributed by atoms with E-state index in [0.29, 0.717) is 11.3 Å². The van der Waals surface area contributed by atoms with Crippen LogP contribution in [0.3, 0.4) is 0 Å². The van der Waals surface area contributed by atoms with Gasteiger partial charge in [-0.15, -0.1) is 0 Å². The van der Waals surface area contributed by atoms with Crippen LogP contribution in [-0.4, -0.2) is 42.9 Å². The molecule has 9 nitrogen and oxygen atoms in total. The number of rotatable bonds is 9. The van der Waals surface area contributed by atoms with Crippen molar-refractivity contribution in [3.63, 3.8) is 0 Å². The van der Waals surface area contributed by atoms with Gasteiger partial charge in [-0.1, -0.05) is 38.1 Å². The highest BCUT2D eigenvalue weighted by molar-refractivity contribution is 6.04. The lowest BCUT2D eigenvalue weighted by Crippen LogP contribution is -2.51. The van der Waals surface area contributed by atoms with Gasteiger partial charge in [-0.2, -0.15) is 0 Å². The minimum Gasteiger partial charge on any atom is -0.465 e. The zero-order valence-electron chi connectivity index (χ0n) is 23.1. The topological polar surface area (TPSA) is 118 Å². The van der Waals surface area contributed by atoms with Crippen molar-refractivity contribution < 1.29 is 28.3 Å².